The molecular weight excluding hydrogens is 536 g/mol. The number of ether oxygens (including phenoxy) is 1. The lowest BCUT2D eigenvalue weighted by Crippen LogP contribution is -2.71. The number of rotatable bonds is 9. The molecule has 1 fully saturated rings. The molecule has 0 amide bonds. The number of benzene rings is 1. The SMILES string of the molecule is CC(C)=CCC[C@]1(C)[C@@H](CC=C(C)C)C[C@]2(CC=C(C)C)C(=O)C3=C(OC(C)(C)[C@@H](O)C3)[C@@]1(C(=O)c1ccccc1)C2=O. The summed E-state index contributed by atoms with van der Waals surface area (Å²) in [6.45, 7) is 17.8. The molecule has 0 saturated heterocycles. The highest BCUT2D eigenvalue weighted by Crippen LogP contribution is 2.69. The van der Waals surface area contributed by atoms with Gasteiger partial charge in [-0.1, -0.05) is 72.2 Å². The molecule has 0 aromatic heterocycles. The van der Waals surface area contributed by atoms with Gasteiger partial charge in [0.2, 0.25) is 0 Å². The van der Waals surface area contributed by atoms with Crippen LogP contribution in [0.25, 0.3) is 0 Å². The zero-order valence-corrected chi connectivity index (χ0v) is 27.6. The second-order valence-electron chi connectivity index (χ2n) is 14.6. The highest BCUT2D eigenvalue weighted by Gasteiger charge is 2.77. The third-order valence-corrected chi connectivity index (χ3v) is 10.3. The lowest BCUT2D eigenvalue weighted by molar-refractivity contribution is -0.179. The Morgan fingerprint density at radius 2 is 1.53 bits per heavy atom. The van der Waals surface area contributed by atoms with Gasteiger partial charge < -0.3 is 9.84 Å². The first-order valence-electron chi connectivity index (χ1n) is 15.7. The van der Waals surface area contributed by atoms with Gasteiger partial charge in [0, 0.05) is 17.6 Å². The fourth-order valence-electron chi connectivity index (χ4n) is 7.63. The van der Waals surface area contributed by atoms with E-state index in [4.69, 9.17) is 4.74 Å². The lowest BCUT2D eigenvalue weighted by atomic mass is 9.38. The molecule has 0 radical (unpaired) electrons. The Hall–Kier alpha value is -3.05. The van der Waals surface area contributed by atoms with E-state index in [1.54, 1.807) is 26.0 Å². The second-order valence-corrected chi connectivity index (χ2v) is 14.6. The van der Waals surface area contributed by atoms with Crippen LogP contribution in [0, 0.1) is 22.2 Å². The fraction of sp³-hybridized carbons (Fsp3) is 0.553. The maximum Gasteiger partial charge on any atom is 0.184 e. The number of ketones is 3. The highest BCUT2D eigenvalue weighted by molar-refractivity contribution is 6.30. The first kappa shape index (κ1) is 32.9. The lowest BCUT2D eigenvalue weighted by Gasteiger charge is -2.63. The van der Waals surface area contributed by atoms with E-state index in [0.29, 0.717) is 36.8 Å². The number of carbonyl (C=O) groups excluding carboxylic acids is 3. The molecule has 0 spiro atoms. The van der Waals surface area contributed by atoms with Crippen LogP contribution in [0.1, 0.15) is 111 Å². The zero-order chi connectivity index (χ0) is 32.0. The molecule has 1 aliphatic heterocycles. The van der Waals surface area contributed by atoms with E-state index in [1.807, 2.05) is 38.1 Å². The van der Waals surface area contributed by atoms with Gasteiger partial charge in [0.15, 0.2) is 22.8 Å². The molecule has 2 aliphatic carbocycles. The van der Waals surface area contributed by atoms with Crippen molar-refractivity contribution < 1.29 is 24.2 Å². The van der Waals surface area contributed by atoms with Gasteiger partial charge in [-0.15, -0.1) is 0 Å². The second kappa shape index (κ2) is 11.8. The van der Waals surface area contributed by atoms with Crippen LogP contribution in [0.4, 0.5) is 0 Å². The number of carbonyl (C=O) groups is 3. The van der Waals surface area contributed by atoms with Crippen LogP contribution in [-0.4, -0.2) is 34.2 Å². The van der Waals surface area contributed by atoms with Gasteiger partial charge >= 0.3 is 0 Å². The third kappa shape index (κ3) is 5.32. The molecule has 5 nitrogen and oxygen atoms in total. The van der Waals surface area contributed by atoms with Crippen molar-refractivity contribution in [3.63, 3.8) is 0 Å². The van der Waals surface area contributed by atoms with Gasteiger partial charge in [0.25, 0.3) is 0 Å². The molecule has 2 bridgehead atoms. The molecule has 5 atom stereocenters. The minimum atomic E-state index is -1.72. The number of aliphatic hydroxyl groups excluding tert-OH is 1. The summed E-state index contributed by atoms with van der Waals surface area (Å²) in [5, 5.41) is 11.2. The summed E-state index contributed by atoms with van der Waals surface area (Å²) in [6.07, 6.45) is 7.88. The topological polar surface area (TPSA) is 80.7 Å². The van der Waals surface area contributed by atoms with Gasteiger partial charge in [0.05, 0.1) is 11.5 Å². The Balaban J connectivity index is 2.17. The molecule has 4 rings (SSSR count). The van der Waals surface area contributed by atoms with Gasteiger partial charge in [-0.3, -0.25) is 14.4 Å². The number of Topliss-reactive ketones (excluding diaryl/α,β-unsaturated/α-hetero) is 3. The molecule has 0 unspecified atom stereocenters. The van der Waals surface area contributed by atoms with Crippen LogP contribution in [-0.2, 0) is 14.3 Å². The van der Waals surface area contributed by atoms with E-state index in [1.165, 1.54) is 5.57 Å². The fourth-order valence-corrected chi connectivity index (χ4v) is 7.63. The molecule has 1 saturated carbocycles. The molecule has 1 N–H and O–H groups in total. The van der Waals surface area contributed by atoms with Crippen molar-refractivity contribution in [1.82, 2.24) is 0 Å². The monoisotopic (exact) mass is 586 g/mol. The summed E-state index contributed by atoms with van der Waals surface area (Å²) in [4.78, 5) is 45.6. The molecular formula is C38H50O5. The average molecular weight is 587 g/mol. The minimum Gasteiger partial charge on any atom is -0.487 e. The van der Waals surface area contributed by atoms with Gasteiger partial charge in [-0.2, -0.15) is 0 Å². The summed E-state index contributed by atoms with van der Waals surface area (Å²) in [5.74, 6) is -0.907. The Morgan fingerprint density at radius 3 is 2.12 bits per heavy atom. The quantitative estimate of drug-likeness (QED) is 0.179. The van der Waals surface area contributed by atoms with Crippen molar-refractivity contribution >= 4 is 17.3 Å². The third-order valence-electron chi connectivity index (χ3n) is 10.3. The van der Waals surface area contributed by atoms with Gasteiger partial charge in [-0.05, 0) is 98.8 Å². The van der Waals surface area contributed by atoms with Gasteiger partial charge in [0.1, 0.15) is 11.4 Å². The number of allylic oxidation sites excluding steroid dienone is 7. The largest absolute Gasteiger partial charge is 0.487 e. The smallest absolute Gasteiger partial charge is 0.184 e. The van der Waals surface area contributed by atoms with Gasteiger partial charge in [-0.25, -0.2) is 0 Å². The first-order chi connectivity index (χ1) is 20.0. The summed E-state index contributed by atoms with van der Waals surface area (Å²) >= 11 is 0. The first-order valence-corrected chi connectivity index (χ1v) is 15.7. The Bertz CT molecular complexity index is 1410. The summed E-state index contributed by atoms with van der Waals surface area (Å²) in [6, 6.07) is 9.00. The Labute approximate surface area is 258 Å². The molecule has 232 valence electrons. The number of fused-ring (bicyclic) bond motifs is 3. The van der Waals surface area contributed by atoms with Crippen LogP contribution in [0.5, 0.6) is 0 Å². The predicted octanol–water partition coefficient (Wildman–Crippen LogP) is 8.29. The molecule has 43 heavy (non-hydrogen) atoms. The van der Waals surface area contributed by atoms with Crippen molar-refractivity contribution in [2.24, 2.45) is 22.2 Å². The van der Waals surface area contributed by atoms with E-state index >= 15 is 9.59 Å². The zero-order valence-electron chi connectivity index (χ0n) is 27.6. The van der Waals surface area contributed by atoms with E-state index < -0.39 is 27.9 Å². The molecule has 1 heterocycles. The minimum absolute atomic E-state index is 0.0531. The van der Waals surface area contributed by atoms with Crippen LogP contribution in [0.15, 0.2) is 76.6 Å². The number of hydrogen-bond acceptors (Lipinski definition) is 5. The van der Waals surface area contributed by atoms with Crippen LogP contribution in [0.2, 0.25) is 0 Å². The van der Waals surface area contributed by atoms with Crippen molar-refractivity contribution in [2.45, 2.75) is 113 Å². The maximum atomic E-state index is 15.6. The molecule has 1 aromatic carbocycles. The van der Waals surface area contributed by atoms with Crippen molar-refractivity contribution in [2.75, 3.05) is 0 Å². The van der Waals surface area contributed by atoms with Crippen molar-refractivity contribution in [3.8, 4) is 0 Å². The van der Waals surface area contributed by atoms with E-state index in [0.717, 1.165) is 11.1 Å². The number of aliphatic hydroxyl groups is 1. The Kier molecular flexibility index (Phi) is 9.02. The van der Waals surface area contributed by atoms with Crippen molar-refractivity contribution in [1.29, 1.82) is 0 Å². The normalized spacial score (nSPS) is 31.0. The van der Waals surface area contributed by atoms with E-state index in [2.05, 4.69) is 46.8 Å². The van der Waals surface area contributed by atoms with E-state index in [-0.39, 0.29) is 41.9 Å². The summed E-state index contributed by atoms with van der Waals surface area (Å²) in [7, 11) is 0. The van der Waals surface area contributed by atoms with Crippen LogP contribution >= 0.6 is 0 Å². The Morgan fingerprint density at radius 1 is 0.930 bits per heavy atom. The standard InChI is InChI=1S/C38H50O5/c1-24(2)14-13-20-36(9)28(18-17-25(3)4)23-37(21-19-26(5)6)32(41)29-22-30(39)35(7,8)43-33(29)38(36,34(37)42)31(40)27-15-11-10-12-16-27/h10-12,14-17,19,28,30,39H,13,18,20-23H2,1-9H3/t28-,30-,36+,37+,38-/m0/s1. The van der Waals surface area contributed by atoms with E-state index in [9.17, 15) is 9.90 Å². The van der Waals surface area contributed by atoms with Crippen LogP contribution in [0.3, 0.4) is 0 Å². The van der Waals surface area contributed by atoms with Crippen molar-refractivity contribution in [3.05, 3.63) is 82.2 Å². The summed E-state index contributed by atoms with van der Waals surface area (Å²) < 4.78 is 6.65. The number of hydrogen-bond donors (Lipinski definition) is 1. The molecule has 1 aromatic rings. The molecule has 3 aliphatic rings. The maximum absolute atomic E-state index is 15.6. The summed E-state index contributed by atoms with van der Waals surface area (Å²) in [5.41, 5.74) is -1.03. The highest BCUT2D eigenvalue weighted by atomic mass is 16.5. The molecule has 5 heteroatoms. The van der Waals surface area contributed by atoms with Crippen LogP contribution < -0.4 is 0 Å². The predicted molar refractivity (Wildman–Crippen MR) is 171 cm³/mol. The average Bonchev–Trinajstić information content (AvgIpc) is 2.93.